The molecule has 1 saturated carbocycles. The Balaban J connectivity index is 1.59. The van der Waals surface area contributed by atoms with Crippen LogP contribution in [0.2, 0.25) is 0 Å². The Morgan fingerprint density at radius 2 is 2.03 bits per heavy atom. The van der Waals surface area contributed by atoms with Crippen LogP contribution in [-0.4, -0.2) is 44.0 Å². The number of aromatic nitrogens is 2. The molecule has 0 amide bonds. The maximum Gasteiger partial charge on any atom is 0.191 e. The van der Waals surface area contributed by atoms with Crippen LogP contribution in [0.3, 0.4) is 0 Å². The van der Waals surface area contributed by atoms with Gasteiger partial charge >= 0.3 is 0 Å². The van der Waals surface area contributed by atoms with Gasteiger partial charge in [0.2, 0.25) is 0 Å². The molecule has 0 aliphatic heterocycles. The molecule has 1 heterocycles. The van der Waals surface area contributed by atoms with Crippen LogP contribution >= 0.6 is 0 Å². The van der Waals surface area contributed by atoms with Crippen LogP contribution in [0.25, 0.3) is 0 Å². The van der Waals surface area contributed by atoms with E-state index in [1.165, 1.54) is 16.8 Å². The summed E-state index contributed by atoms with van der Waals surface area (Å²) >= 11 is 0. The number of hydrogen-bond acceptors (Lipinski definition) is 3. The number of hydrogen-bond donors (Lipinski definition) is 2. The quantitative estimate of drug-likeness (QED) is 0.523. The number of aryl methyl sites for hydroxylation is 1. The maximum atomic E-state index is 12.2. The van der Waals surface area contributed by atoms with Crippen LogP contribution in [0.5, 0.6) is 0 Å². The van der Waals surface area contributed by atoms with Gasteiger partial charge in [0.05, 0.1) is 12.2 Å². The minimum absolute atomic E-state index is 0.306. The van der Waals surface area contributed by atoms with E-state index in [2.05, 4.69) is 58.4 Å². The standard InChI is InChI=1S/C23H35N5OS/c1-5-30(29)21-13-9-12-20(14-21)26-23(24-4)25-15-22-17(2)27-28(18(22)3)16-19-10-7-6-8-11-19/h6-8,10-11,20-21H,5,9,12-16H2,1-4H3,(H2,24,25,26). The molecule has 0 bridgehead atoms. The minimum Gasteiger partial charge on any atom is -0.354 e. The third-order valence-electron chi connectivity index (χ3n) is 5.99. The van der Waals surface area contributed by atoms with Gasteiger partial charge in [0.25, 0.3) is 0 Å². The lowest BCUT2D eigenvalue weighted by molar-refractivity contribution is 0.413. The molecule has 2 aromatic rings. The third kappa shape index (κ3) is 5.72. The van der Waals surface area contributed by atoms with E-state index >= 15 is 0 Å². The number of nitrogens with zero attached hydrogens (tertiary/aromatic N) is 3. The highest BCUT2D eigenvalue weighted by Gasteiger charge is 2.26. The monoisotopic (exact) mass is 429 g/mol. The molecule has 1 aliphatic carbocycles. The lowest BCUT2D eigenvalue weighted by Gasteiger charge is -2.30. The summed E-state index contributed by atoms with van der Waals surface area (Å²) in [5.74, 6) is 1.55. The van der Waals surface area contributed by atoms with Gasteiger partial charge < -0.3 is 10.6 Å². The second-order valence-electron chi connectivity index (χ2n) is 8.02. The first-order chi connectivity index (χ1) is 14.5. The molecule has 6 nitrogen and oxygen atoms in total. The van der Waals surface area contributed by atoms with Crippen molar-refractivity contribution in [2.45, 2.75) is 70.8 Å². The van der Waals surface area contributed by atoms with Gasteiger partial charge in [-0.15, -0.1) is 0 Å². The van der Waals surface area contributed by atoms with Crippen molar-refractivity contribution in [3.8, 4) is 0 Å². The zero-order chi connectivity index (χ0) is 21.5. The topological polar surface area (TPSA) is 71.3 Å². The van der Waals surface area contributed by atoms with Crippen molar-refractivity contribution in [3.63, 3.8) is 0 Å². The highest BCUT2D eigenvalue weighted by molar-refractivity contribution is 7.85. The molecule has 1 fully saturated rings. The summed E-state index contributed by atoms with van der Waals surface area (Å²) in [6.45, 7) is 7.66. The molecule has 3 rings (SSSR count). The maximum absolute atomic E-state index is 12.2. The average Bonchev–Trinajstić information content (AvgIpc) is 3.03. The molecule has 3 atom stereocenters. The van der Waals surface area contributed by atoms with E-state index < -0.39 is 10.8 Å². The van der Waals surface area contributed by atoms with E-state index in [0.29, 0.717) is 17.8 Å². The van der Waals surface area contributed by atoms with Crippen LogP contribution in [0.1, 0.15) is 55.1 Å². The van der Waals surface area contributed by atoms with Crippen molar-refractivity contribution in [2.75, 3.05) is 12.8 Å². The van der Waals surface area contributed by atoms with Gasteiger partial charge in [-0.25, -0.2) is 0 Å². The average molecular weight is 430 g/mol. The molecule has 30 heavy (non-hydrogen) atoms. The molecule has 1 aliphatic rings. The second kappa shape index (κ2) is 10.8. The Kier molecular flexibility index (Phi) is 8.08. The van der Waals surface area contributed by atoms with Gasteiger partial charge in [0, 0.05) is 52.7 Å². The van der Waals surface area contributed by atoms with E-state index in [9.17, 15) is 4.21 Å². The van der Waals surface area contributed by atoms with E-state index in [-0.39, 0.29) is 0 Å². The first-order valence-electron chi connectivity index (χ1n) is 10.9. The van der Waals surface area contributed by atoms with Gasteiger partial charge in [0.15, 0.2) is 5.96 Å². The van der Waals surface area contributed by atoms with Crippen LogP contribution in [-0.2, 0) is 23.9 Å². The Labute approximate surface area is 183 Å². The van der Waals surface area contributed by atoms with Gasteiger partial charge in [0.1, 0.15) is 0 Å². The normalized spacial score (nSPS) is 20.7. The number of aliphatic imine (C=N–C) groups is 1. The summed E-state index contributed by atoms with van der Waals surface area (Å²) < 4.78 is 14.3. The summed E-state index contributed by atoms with van der Waals surface area (Å²) in [4.78, 5) is 4.41. The molecule has 0 saturated heterocycles. The highest BCUT2D eigenvalue weighted by Crippen LogP contribution is 2.23. The van der Waals surface area contributed by atoms with Crippen LogP contribution in [0.4, 0.5) is 0 Å². The summed E-state index contributed by atoms with van der Waals surface area (Å²) in [5, 5.41) is 12.1. The molecule has 3 unspecified atom stereocenters. The number of benzene rings is 1. The van der Waals surface area contributed by atoms with Crippen molar-refractivity contribution < 1.29 is 4.21 Å². The second-order valence-corrected chi connectivity index (χ2v) is 10.0. The van der Waals surface area contributed by atoms with Crippen molar-refractivity contribution in [2.24, 2.45) is 4.99 Å². The van der Waals surface area contributed by atoms with E-state index in [0.717, 1.165) is 49.6 Å². The predicted octanol–water partition coefficient (Wildman–Crippen LogP) is 3.29. The summed E-state index contributed by atoms with van der Waals surface area (Å²) in [6, 6.07) is 10.7. The lowest BCUT2D eigenvalue weighted by atomic mass is 9.95. The van der Waals surface area contributed by atoms with E-state index in [1.54, 1.807) is 7.05 Å². The zero-order valence-corrected chi connectivity index (χ0v) is 19.5. The molecule has 2 N–H and O–H groups in total. The third-order valence-corrected chi connectivity index (χ3v) is 7.73. The molecule has 0 radical (unpaired) electrons. The molecule has 1 aromatic heterocycles. The first-order valence-corrected chi connectivity index (χ1v) is 12.3. The molecule has 164 valence electrons. The van der Waals surface area contributed by atoms with E-state index in [1.807, 2.05) is 13.0 Å². The predicted molar refractivity (Wildman–Crippen MR) is 125 cm³/mol. The largest absolute Gasteiger partial charge is 0.354 e. The summed E-state index contributed by atoms with van der Waals surface area (Å²) in [7, 11) is 1.09. The SMILES string of the molecule is CCS(=O)C1CCCC(NC(=NC)NCc2c(C)nn(Cc3ccccc3)c2C)C1. The fourth-order valence-electron chi connectivity index (χ4n) is 4.21. The van der Waals surface area contributed by atoms with Crippen LogP contribution in [0.15, 0.2) is 35.3 Å². The minimum atomic E-state index is -0.716. The van der Waals surface area contributed by atoms with Crippen LogP contribution in [0, 0.1) is 13.8 Å². The van der Waals surface area contributed by atoms with Crippen molar-refractivity contribution in [1.29, 1.82) is 0 Å². The van der Waals surface area contributed by atoms with Gasteiger partial charge in [-0.1, -0.05) is 43.7 Å². The van der Waals surface area contributed by atoms with E-state index in [4.69, 9.17) is 5.10 Å². The fraction of sp³-hybridized carbons (Fsp3) is 0.565. The number of rotatable bonds is 7. The van der Waals surface area contributed by atoms with Crippen molar-refractivity contribution >= 4 is 16.8 Å². The first kappa shape index (κ1) is 22.5. The number of nitrogens with one attached hydrogen (secondary N) is 2. The molecular weight excluding hydrogens is 394 g/mol. The summed E-state index contributed by atoms with van der Waals surface area (Å²) in [5.41, 5.74) is 4.68. The Hall–Kier alpha value is -2.15. The Morgan fingerprint density at radius 1 is 1.27 bits per heavy atom. The molecular formula is C23H35N5OS. The number of guanidine groups is 1. The molecule has 7 heteroatoms. The Morgan fingerprint density at radius 3 is 2.73 bits per heavy atom. The van der Waals surface area contributed by atoms with Gasteiger partial charge in [-0.3, -0.25) is 13.9 Å². The smallest absolute Gasteiger partial charge is 0.191 e. The Bertz CT molecular complexity index is 877. The van der Waals surface area contributed by atoms with Crippen LogP contribution < -0.4 is 10.6 Å². The molecule has 1 aromatic carbocycles. The fourth-order valence-corrected chi connectivity index (χ4v) is 5.56. The highest BCUT2D eigenvalue weighted by atomic mass is 32.2. The zero-order valence-electron chi connectivity index (χ0n) is 18.6. The van der Waals surface area contributed by atoms with Gasteiger partial charge in [-0.05, 0) is 38.7 Å². The lowest BCUT2D eigenvalue weighted by Crippen LogP contribution is -2.46. The van der Waals surface area contributed by atoms with Crippen molar-refractivity contribution in [1.82, 2.24) is 20.4 Å². The van der Waals surface area contributed by atoms with Gasteiger partial charge in [-0.2, -0.15) is 5.10 Å². The van der Waals surface area contributed by atoms with Crippen molar-refractivity contribution in [3.05, 3.63) is 52.8 Å². The molecule has 0 spiro atoms. The summed E-state index contributed by atoms with van der Waals surface area (Å²) in [6.07, 6.45) is 4.25.